The largest absolute Gasteiger partial charge is 0.573 e. The molecule has 2 N–H and O–H groups in total. The maximum Gasteiger partial charge on any atom is 0.573 e. The summed E-state index contributed by atoms with van der Waals surface area (Å²) in [6.07, 6.45) is -5.12. The lowest BCUT2D eigenvalue weighted by atomic mass is 9.99. The summed E-state index contributed by atoms with van der Waals surface area (Å²) in [7, 11) is 0. The molecule has 1 aromatic heterocycles. The zero-order valence-corrected chi connectivity index (χ0v) is 26.6. The number of nitrogens with one attached hydrogen (secondary N) is 1. The quantitative estimate of drug-likeness (QED) is 0.134. The number of halogens is 4. The Morgan fingerprint density at radius 1 is 1.02 bits per heavy atom. The number of ether oxygens (including phenoxy) is 1. The Morgan fingerprint density at radius 3 is 2.39 bits per heavy atom. The molecule has 1 fully saturated rings. The second-order valence-electron chi connectivity index (χ2n) is 11.4. The summed E-state index contributed by atoms with van der Waals surface area (Å²) in [4.78, 5) is 11.0. The van der Waals surface area contributed by atoms with Gasteiger partial charge in [0, 0.05) is 29.1 Å². The van der Waals surface area contributed by atoms with Crippen molar-refractivity contribution in [3.05, 3.63) is 90.3 Å². The van der Waals surface area contributed by atoms with E-state index in [1.165, 1.54) is 40.8 Å². The Bertz CT molecular complexity index is 1630. The molecule has 0 spiro atoms. The van der Waals surface area contributed by atoms with Crippen LogP contribution in [0.15, 0.2) is 84.1 Å². The Kier molecular flexibility index (Phi) is 10.3. The van der Waals surface area contributed by atoms with Crippen LogP contribution in [0.1, 0.15) is 57.3 Å². The first kappa shape index (κ1) is 33.4. The fourth-order valence-electron chi connectivity index (χ4n) is 5.23. The maximum absolute atomic E-state index is 15.6. The van der Waals surface area contributed by atoms with Gasteiger partial charge in [0.2, 0.25) is 6.35 Å². The van der Waals surface area contributed by atoms with Crippen LogP contribution in [0.3, 0.4) is 0 Å². The highest BCUT2D eigenvalue weighted by molar-refractivity contribution is 8.14. The molecule has 13 heteroatoms. The number of para-hydroxylation sites is 1. The molecular formula is C33H36F4N6O2S. The van der Waals surface area contributed by atoms with Crippen molar-refractivity contribution in [3.8, 4) is 22.8 Å². The van der Waals surface area contributed by atoms with E-state index in [9.17, 15) is 18.3 Å². The van der Waals surface area contributed by atoms with Gasteiger partial charge in [-0.15, -0.1) is 18.3 Å². The molecule has 4 atom stereocenters. The van der Waals surface area contributed by atoms with Gasteiger partial charge in [0.15, 0.2) is 11.0 Å². The molecule has 0 aliphatic carbocycles. The van der Waals surface area contributed by atoms with E-state index in [1.54, 1.807) is 43.0 Å². The van der Waals surface area contributed by atoms with Crippen molar-refractivity contribution in [2.24, 2.45) is 4.99 Å². The van der Waals surface area contributed by atoms with Crippen LogP contribution < -0.4 is 15.0 Å². The number of alkyl halides is 4. The van der Waals surface area contributed by atoms with Crippen LogP contribution in [0.25, 0.3) is 17.1 Å². The first-order valence-electron chi connectivity index (χ1n) is 14.9. The number of anilines is 1. The highest BCUT2D eigenvalue weighted by Crippen LogP contribution is 2.35. The molecule has 5 rings (SSSR count). The highest BCUT2D eigenvalue weighted by atomic mass is 32.2. The first-order chi connectivity index (χ1) is 21.9. The van der Waals surface area contributed by atoms with Gasteiger partial charge in [0.1, 0.15) is 18.2 Å². The minimum Gasteiger partial charge on any atom is -0.406 e. The zero-order valence-electron chi connectivity index (χ0n) is 25.8. The molecule has 46 heavy (non-hydrogen) atoms. The molecular weight excluding hydrogens is 620 g/mol. The molecule has 1 aliphatic heterocycles. The van der Waals surface area contributed by atoms with Crippen LogP contribution in [0.5, 0.6) is 5.75 Å². The Morgan fingerprint density at radius 2 is 1.72 bits per heavy atom. The van der Waals surface area contributed by atoms with Crippen molar-refractivity contribution in [2.75, 3.05) is 10.7 Å². The molecule has 0 bridgehead atoms. The van der Waals surface area contributed by atoms with E-state index in [0.29, 0.717) is 33.7 Å². The van der Waals surface area contributed by atoms with Gasteiger partial charge >= 0.3 is 6.36 Å². The monoisotopic (exact) mass is 656 g/mol. The van der Waals surface area contributed by atoms with Crippen molar-refractivity contribution < 1.29 is 27.4 Å². The van der Waals surface area contributed by atoms with Gasteiger partial charge < -0.3 is 14.7 Å². The zero-order chi connectivity index (χ0) is 33.0. The molecule has 0 saturated carbocycles. The molecule has 1 saturated heterocycles. The predicted octanol–water partition coefficient (Wildman–Crippen LogP) is 7.61. The molecule has 8 nitrogen and oxygen atoms in total. The summed E-state index contributed by atoms with van der Waals surface area (Å²) >= 11 is 1.57. The smallest absolute Gasteiger partial charge is 0.406 e. The standard InChI is InChI=1S/C33H36F4N6O2S/c1-20(2)27-7-5-6-8-28(27)43-21(3)17-18-46-32(43)40-31(44)39-22(4)29(34)23-9-11-24(12-10-23)30-38-19-42(41-30)25-13-15-26(16-14-25)45-33(35,36)37/h5-16,19-22,29,31,39,44H,17-18H2,1-4H3/b40-32-. The third-order valence-corrected chi connectivity index (χ3v) is 8.63. The van der Waals surface area contributed by atoms with Crippen molar-refractivity contribution in [1.29, 1.82) is 0 Å². The van der Waals surface area contributed by atoms with E-state index >= 15 is 4.39 Å². The second kappa shape index (κ2) is 14.2. The van der Waals surface area contributed by atoms with Crippen molar-refractivity contribution in [3.63, 3.8) is 0 Å². The van der Waals surface area contributed by atoms with Gasteiger partial charge in [-0.05, 0) is 67.6 Å². The van der Waals surface area contributed by atoms with Gasteiger partial charge in [-0.25, -0.2) is 19.0 Å². The number of amidine groups is 1. The van der Waals surface area contributed by atoms with E-state index in [2.05, 4.69) is 62.9 Å². The SMILES string of the molecule is CC(C)c1ccccc1N1/C(=N/C(O)NC(C)C(F)c2ccc(-c3ncn(-c4ccc(OC(F)(F)F)cc4)n3)cc2)SCCC1C. The van der Waals surface area contributed by atoms with Crippen molar-refractivity contribution >= 4 is 22.6 Å². The minimum atomic E-state index is -4.77. The number of aliphatic hydroxyl groups is 1. The lowest BCUT2D eigenvalue weighted by molar-refractivity contribution is -0.274. The highest BCUT2D eigenvalue weighted by Gasteiger charge is 2.31. The Hall–Kier alpha value is -3.94. The van der Waals surface area contributed by atoms with Crippen LogP contribution >= 0.6 is 11.8 Å². The van der Waals surface area contributed by atoms with Crippen LogP contribution in [0.4, 0.5) is 23.2 Å². The van der Waals surface area contributed by atoms with Crippen LogP contribution in [0, 0.1) is 0 Å². The van der Waals surface area contributed by atoms with E-state index in [4.69, 9.17) is 0 Å². The molecule has 0 amide bonds. The number of thioether (sulfide) groups is 1. The van der Waals surface area contributed by atoms with E-state index in [-0.39, 0.29) is 11.8 Å². The Balaban J connectivity index is 1.23. The lowest BCUT2D eigenvalue weighted by Gasteiger charge is -2.38. The number of hydrogen-bond acceptors (Lipinski definition) is 7. The third-order valence-electron chi connectivity index (χ3n) is 7.63. The van der Waals surface area contributed by atoms with Gasteiger partial charge in [0.25, 0.3) is 0 Å². The molecule has 2 heterocycles. The average Bonchev–Trinajstić information content (AvgIpc) is 3.51. The minimum absolute atomic E-state index is 0.191. The van der Waals surface area contributed by atoms with Crippen molar-refractivity contribution in [2.45, 2.75) is 71.0 Å². The maximum atomic E-state index is 15.6. The van der Waals surface area contributed by atoms with Crippen LogP contribution in [-0.4, -0.2) is 55.6 Å². The fourth-order valence-corrected chi connectivity index (χ4v) is 6.46. The van der Waals surface area contributed by atoms with E-state index < -0.39 is 24.9 Å². The molecule has 4 aromatic rings. The second-order valence-corrected chi connectivity index (χ2v) is 12.5. The summed E-state index contributed by atoms with van der Waals surface area (Å²) in [6, 6.07) is 19.5. The summed E-state index contributed by atoms with van der Waals surface area (Å²) in [5.41, 5.74) is 3.78. The first-order valence-corrected chi connectivity index (χ1v) is 15.9. The van der Waals surface area contributed by atoms with Gasteiger partial charge in [-0.2, -0.15) is 0 Å². The Labute approximate surface area is 269 Å². The average molecular weight is 657 g/mol. The normalized spacial score (nSPS) is 18.5. The summed E-state index contributed by atoms with van der Waals surface area (Å²) in [5.74, 6) is 1.20. The molecule has 1 aliphatic rings. The van der Waals surface area contributed by atoms with Crippen LogP contribution in [0.2, 0.25) is 0 Å². The van der Waals surface area contributed by atoms with Gasteiger partial charge in [-0.1, -0.05) is 68.1 Å². The van der Waals surface area contributed by atoms with Gasteiger partial charge in [-0.3, -0.25) is 5.32 Å². The number of nitrogens with zero attached hydrogens (tertiary/aromatic N) is 5. The molecule has 244 valence electrons. The third kappa shape index (κ3) is 8.06. The topological polar surface area (TPSA) is 87.8 Å². The lowest BCUT2D eigenvalue weighted by Crippen LogP contribution is -2.44. The number of aromatic nitrogens is 3. The summed E-state index contributed by atoms with van der Waals surface area (Å²) in [6.45, 7) is 8.09. The number of aliphatic hydroxyl groups excluding tert-OH is 1. The number of hydrogen-bond donors (Lipinski definition) is 2. The van der Waals surface area contributed by atoms with Gasteiger partial charge in [0.05, 0.1) is 5.69 Å². The molecule has 0 radical (unpaired) electrons. The van der Waals surface area contributed by atoms with Crippen LogP contribution in [-0.2, 0) is 0 Å². The molecule has 4 unspecified atom stereocenters. The van der Waals surface area contributed by atoms with Crippen molar-refractivity contribution in [1.82, 2.24) is 20.1 Å². The fraction of sp³-hybridized carbons (Fsp3) is 0.364. The molecule has 3 aromatic carbocycles. The number of rotatable bonds is 10. The summed E-state index contributed by atoms with van der Waals surface area (Å²) < 4.78 is 58.2. The summed E-state index contributed by atoms with van der Waals surface area (Å²) in [5, 5.41) is 18.8. The number of aliphatic imine (C=N–C) groups is 1. The van der Waals surface area contributed by atoms with E-state index in [0.717, 1.165) is 17.9 Å². The number of benzene rings is 3. The van der Waals surface area contributed by atoms with E-state index in [1.807, 2.05) is 12.1 Å². The predicted molar refractivity (Wildman–Crippen MR) is 173 cm³/mol.